The molecule has 0 atom stereocenters. The van der Waals surface area contributed by atoms with E-state index < -0.39 is 5.97 Å². The number of rotatable bonds is 5. The third-order valence-corrected chi connectivity index (χ3v) is 3.01. The SMILES string of the molecule is COC(=O)c1ccc(N(C)Cc2cnn(C)c2)nc1OC. The molecule has 7 nitrogen and oxygen atoms in total. The second kappa shape index (κ2) is 6.25. The van der Waals surface area contributed by atoms with Crippen LogP contribution in [-0.2, 0) is 18.3 Å². The van der Waals surface area contributed by atoms with E-state index in [2.05, 4.69) is 10.1 Å². The first-order valence-electron chi connectivity index (χ1n) is 6.37. The van der Waals surface area contributed by atoms with E-state index in [-0.39, 0.29) is 5.88 Å². The van der Waals surface area contributed by atoms with E-state index in [0.717, 1.165) is 5.56 Å². The van der Waals surface area contributed by atoms with Crippen LogP contribution >= 0.6 is 0 Å². The maximum absolute atomic E-state index is 11.6. The summed E-state index contributed by atoms with van der Waals surface area (Å²) in [5.41, 5.74) is 1.37. The van der Waals surface area contributed by atoms with Crippen molar-refractivity contribution in [3.8, 4) is 5.88 Å². The van der Waals surface area contributed by atoms with Crippen molar-refractivity contribution < 1.29 is 14.3 Å². The number of carbonyl (C=O) groups excluding carboxylic acids is 1. The van der Waals surface area contributed by atoms with Crippen LogP contribution in [0.2, 0.25) is 0 Å². The summed E-state index contributed by atoms with van der Waals surface area (Å²) >= 11 is 0. The number of ether oxygens (including phenoxy) is 2. The Morgan fingerprint density at radius 3 is 2.71 bits per heavy atom. The van der Waals surface area contributed by atoms with Crippen molar-refractivity contribution in [3.63, 3.8) is 0 Å². The third kappa shape index (κ3) is 3.31. The molecule has 0 amide bonds. The fourth-order valence-corrected chi connectivity index (χ4v) is 1.97. The summed E-state index contributed by atoms with van der Waals surface area (Å²) in [5, 5.41) is 4.13. The summed E-state index contributed by atoms with van der Waals surface area (Å²) in [5.74, 6) is 0.474. The Morgan fingerprint density at radius 1 is 1.38 bits per heavy atom. The van der Waals surface area contributed by atoms with Crippen molar-refractivity contribution >= 4 is 11.8 Å². The molecular formula is C14H18N4O3. The highest BCUT2D eigenvalue weighted by Gasteiger charge is 2.16. The molecule has 0 aliphatic carbocycles. The normalized spacial score (nSPS) is 10.3. The van der Waals surface area contributed by atoms with Crippen LogP contribution in [0.1, 0.15) is 15.9 Å². The maximum atomic E-state index is 11.6. The van der Waals surface area contributed by atoms with Gasteiger partial charge in [-0.05, 0) is 12.1 Å². The van der Waals surface area contributed by atoms with Gasteiger partial charge in [-0.15, -0.1) is 0 Å². The molecule has 0 radical (unpaired) electrons. The fraction of sp³-hybridized carbons (Fsp3) is 0.357. The van der Waals surface area contributed by atoms with E-state index in [1.807, 2.05) is 25.2 Å². The van der Waals surface area contributed by atoms with E-state index in [1.54, 1.807) is 23.0 Å². The Bertz CT molecular complexity index is 639. The maximum Gasteiger partial charge on any atom is 0.343 e. The standard InChI is InChI=1S/C14H18N4O3/c1-17(8-10-7-15-18(2)9-10)12-6-5-11(14(19)21-4)13(16-12)20-3/h5-7,9H,8H2,1-4H3. The number of hydrogen-bond acceptors (Lipinski definition) is 6. The van der Waals surface area contributed by atoms with Gasteiger partial charge in [0.2, 0.25) is 5.88 Å². The van der Waals surface area contributed by atoms with E-state index in [9.17, 15) is 4.79 Å². The van der Waals surface area contributed by atoms with Gasteiger partial charge in [0.25, 0.3) is 0 Å². The van der Waals surface area contributed by atoms with Gasteiger partial charge in [0.15, 0.2) is 0 Å². The summed E-state index contributed by atoms with van der Waals surface area (Å²) < 4.78 is 11.6. The second-order valence-electron chi connectivity index (χ2n) is 4.60. The largest absolute Gasteiger partial charge is 0.480 e. The molecule has 2 rings (SSSR count). The molecule has 0 saturated heterocycles. The lowest BCUT2D eigenvalue weighted by Gasteiger charge is -2.18. The highest BCUT2D eigenvalue weighted by molar-refractivity contribution is 5.92. The Labute approximate surface area is 123 Å². The van der Waals surface area contributed by atoms with Gasteiger partial charge in [-0.25, -0.2) is 4.79 Å². The Kier molecular flexibility index (Phi) is 4.42. The molecule has 0 N–H and O–H groups in total. The lowest BCUT2D eigenvalue weighted by atomic mass is 10.2. The number of methoxy groups -OCH3 is 2. The molecule has 2 aromatic rings. The van der Waals surface area contributed by atoms with Gasteiger partial charge in [0.05, 0.1) is 20.4 Å². The van der Waals surface area contributed by atoms with E-state index >= 15 is 0 Å². The van der Waals surface area contributed by atoms with Crippen molar-refractivity contribution in [2.75, 3.05) is 26.2 Å². The first kappa shape index (κ1) is 14.8. The van der Waals surface area contributed by atoms with E-state index in [4.69, 9.17) is 9.47 Å². The lowest BCUT2D eigenvalue weighted by molar-refractivity contribution is 0.0596. The predicted octanol–water partition coefficient (Wildman–Crippen LogP) is 1.25. The van der Waals surface area contributed by atoms with Crippen LogP contribution in [0.3, 0.4) is 0 Å². The molecule has 0 aliphatic heterocycles. The smallest absolute Gasteiger partial charge is 0.343 e. The van der Waals surface area contributed by atoms with E-state index in [0.29, 0.717) is 17.9 Å². The minimum absolute atomic E-state index is 0.248. The molecule has 2 aromatic heterocycles. The molecule has 0 unspecified atom stereocenters. The van der Waals surface area contributed by atoms with Crippen LogP contribution in [0, 0.1) is 0 Å². The van der Waals surface area contributed by atoms with Crippen molar-refractivity contribution in [2.45, 2.75) is 6.54 Å². The minimum Gasteiger partial charge on any atom is -0.480 e. The number of nitrogens with zero attached hydrogens (tertiary/aromatic N) is 4. The topological polar surface area (TPSA) is 69.5 Å². The lowest BCUT2D eigenvalue weighted by Crippen LogP contribution is -2.18. The van der Waals surface area contributed by atoms with Crippen LogP contribution in [0.15, 0.2) is 24.5 Å². The molecule has 0 aromatic carbocycles. The fourth-order valence-electron chi connectivity index (χ4n) is 1.97. The molecule has 0 fully saturated rings. The molecule has 0 spiro atoms. The number of aryl methyl sites for hydroxylation is 1. The van der Waals surface area contributed by atoms with Crippen LogP contribution in [0.5, 0.6) is 5.88 Å². The first-order chi connectivity index (χ1) is 10.0. The quantitative estimate of drug-likeness (QED) is 0.772. The van der Waals surface area contributed by atoms with Gasteiger partial charge in [-0.1, -0.05) is 0 Å². The van der Waals surface area contributed by atoms with Crippen LogP contribution in [-0.4, -0.2) is 42.0 Å². The minimum atomic E-state index is -0.471. The number of anilines is 1. The summed E-state index contributed by atoms with van der Waals surface area (Å²) in [6.45, 7) is 0.654. The molecule has 0 bridgehead atoms. The number of aromatic nitrogens is 3. The average Bonchev–Trinajstić information content (AvgIpc) is 2.90. The number of esters is 1. The second-order valence-corrected chi connectivity index (χ2v) is 4.60. The Morgan fingerprint density at radius 2 is 2.14 bits per heavy atom. The molecule has 0 aliphatic rings. The molecular weight excluding hydrogens is 272 g/mol. The number of pyridine rings is 1. The Balaban J connectivity index is 2.21. The van der Waals surface area contributed by atoms with Crippen molar-refractivity contribution in [1.29, 1.82) is 0 Å². The Hall–Kier alpha value is -2.57. The van der Waals surface area contributed by atoms with Crippen molar-refractivity contribution in [2.24, 2.45) is 7.05 Å². The number of hydrogen-bond donors (Lipinski definition) is 0. The molecule has 2 heterocycles. The highest BCUT2D eigenvalue weighted by atomic mass is 16.5. The molecule has 112 valence electrons. The predicted molar refractivity (Wildman–Crippen MR) is 77.4 cm³/mol. The zero-order valence-corrected chi connectivity index (χ0v) is 12.5. The van der Waals surface area contributed by atoms with E-state index in [1.165, 1.54) is 14.2 Å². The summed E-state index contributed by atoms with van der Waals surface area (Å²) in [7, 11) is 6.58. The summed E-state index contributed by atoms with van der Waals surface area (Å²) in [6, 6.07) is 3.40. The van der Waals surface area contributed by atoms with Gasteiger partial charge >= 0.3 is 5.97 Å². The van der Waals surface area contributed by atoms with Crippen molar-refractivity contribution in [3.05, 3.63) is 35.7 Å². The van der Waals surface area contributed by atoms with Crippen LogP contribution in [0.25, 0.3) is 0 Å². The molecule has 0 saturated carbocycles. The first-order valence-corrected chi connectivity index (χ1v) is 6.37. The zero-order chi connectivity index (χ0) is 15.4. The van der Waals surface area contributed by atoms with Gasteiger partial charge in [-0.3, -0.25) is 4.68 Å². The van der Waals surface area contributed by atoms with Crippen LogP contribution < -0.4 is 9.64 Å². The molecule has 21 heavy (non-hydrogen) atoms. The monoisotopic (exact) mass is 290 g/mol. The summed E-state index contributed by atoms with van der Waals surface area (Å²) in [4.78, 5) is 17.9. The van der Waals surface area contributed by atoms with Gasteiger partial charge in [0.1, 0.15) is 11.4 Å². The van der Waals surface area contributed by atoms with Crippen molar-refractivity contribution in [1.82, 2.24) is 14.8 Å². The van der Waals surface area contributed by atoms with Crippen LogP contribution in [0.4, 0.5) is 5.82 Å². The highest BCUT2D eigenvalue weighted by Crippen LogP contribution is 2.22. The molecule has 7 heteroatoms. The average molecular weight is 290 g/mol. The van der Waals surface area contributed by atoms with Gasteiger partial charge in [0, 0.05) is 32.4 Å². The third-order valence-electron chi connectivity index (χ3n) is 3.01. The van der Waals surface area contributed by atoms with Gasteiger partial charge in [-0.2, -0.15) is 10.1 Å². The zero-order valence-electron chi connectivity index (χ0n) is 12.5. The number of carbonyl (C=O) groups is 1. The van der Waals surface area contributed by atoms with Gasteiger partial charge < -0.3 is 14.4 Å². The summed E-state index contributed by atoms with van der Waals surface area (Å²) in [6.07, 6.45) is 3.74.